The van der Waals surface area contributed by atoms with Crippen LogP contribution in [0.2, 0.25) is 0 Å². The van der Waals surface area contributed by atoms with Gasteiger partial charge in [0.25, 0.3) is 5.91 Å². The van der Waals surface area contributed by atoms with Gasteiger partial charge in [-0.3, -0.25) is 19.3 Å². The summed E-state index contributed by atoms with van der Waals surface area (Å²) in [6, 6.07) is 15.8. The molecule has 2 aliphatic rings. The molecular formula is C23H24N4O4. The summed E-state index contributed by atoms with van der Waals surface area (Å²) in [5.41, 5.74) is 1.91. The summed E-state index contributed by atoms with van der Waals surface area (Å²) in [6.07, 6.45) is 1.41. The van der Waals surface area contributed by atoms with Gasteiger partial charge in [-0.1, -0.05) is 18.2 Å². The fraction of sp³-hybridized carbons (Fsp3) is 0.348. The van der Waals surface area contributed by atoms with Crippen LogP contribution in [-0.2, 0) is 19.1 Å². The molecule has 0 aromatic heterocycles. The summed E-state index contributed by atoms with van der Waals surface area (Å²) in [7, 11) is 1.39. The Morgan fingerprint density at radius 3 is 2.16 bits per heavy atom. The minimum Gasteiger partial charge on any atom is -0.469 e. The van der Waals surface area contributed by atoms with E-state index in [9.17, 15) is 14.4 Å². The summed E-state index contributed by atoms with van der Waals surface area (Å²) in [5.74, 6) is -0.786. The second-order valence-electron chi connectivity index (χ2n) is 7.67. The van der Waals surface area contributed by atoms with Crippen molar-refractivity contribution in [3.05, 3.63) is 54.6 Å². The zero-order valence-corrected chi connectivity index (χ0v) is 17.3. The lowest BCUT2D eigenvalue weighted by Crippen LogP contribution is -2.46. The number of azo groups is 1. The first-order valence-electron chi connectivity index (χ1n) is 10.3. The van der Waals surface area contributed by atoms with Crippen LogP contribution in [0.3, 0.4) is 0 Å². The number of methoxy groups -OCH3 is 1. The molecule has 2 aliphatic heterocycles. The van der Waals surface area contributed by atoms with Crippen molar-refractivity contribution in [2.24, 2.45) is 16.1 Å². The van der Waals surface area contributed by atoms with Crippen molar-refractivity contribution < 1.29 is 19.1 Å². The number of likely N-dealkylation sites (tertiary alicyclic amines) is 1. The average molecular weight is 420 g/mol. The number of carbonyl (C=O) groups is 3. The third-order valence-electron chi connectivity index (χ3n) is 5.77. The highest BCUT2D eigenvalue weighted by molar-refractivity contribution is 6.22. The molecule has 31 heavy (non-hydrogen) atoms. The minimum atomic E-state index is -0.483. The van der Waals surface area contributed by atoms with Crippen molar-refractivity contribution in [3.63, 3.8) is 0 Å². The van der Waals surface area contributed by atoms with Crippen molar-refractivity contribution in [1.29, 1.82) is 0 Å². The number of rotatable bonds is 5. The van der Waals surface area contributed by atoms with Crippen molar-refractivity contribution in [2.75, 3.05) is 25.1 Å². The molecule has 0 aliphatic carbocycles. The highest BCUT2D eigenvalue weighted by Gasteiger charge is 2.43. The van der Waals surface area contributed by atoms with E-state index in [1.165, 1.54) is 12.0 Å². The summed E-state index contributed by atoms with van der Waals surface area (Å²) in [5, 5.41) is 8.36. The zero-order chi connectivity index (χ0) is 21.8. The van der Waals surface area contributed by atoms with Gasteiger partial charge in [0.15, 0.2) is 0 Å². The summed E-state index contributed by atoms with van der Waals surface area (Å²) in [6.45, 7) is 1.19. The highest BCUT2D eigenvalue weighted by Crippen LogP contribution is 2.30. The Bertz CT molecular complexity index is 982. The molecule has 2 aromatic rings. The molecule has 0 N–H and O–H groups in total. The van der Waals surface area contributed by atoms with Crippen LogP contribution in [0.4, 0.5) is 17.1 Å². The molecule has 2 amide bonds. The monoisotopic (exact) mass is 420 g/mol. The lowest BCUT2D eigenvalue weighted by Gasteiger charge is -2.33. The van der Waals surface area contributed by atoms with Gasteiger partial charge in [0, 0.05) is 0 Å². The molecule has 0 bridgehead atoms. The van der Waals surface area contributed by atoms with E-state index in [1.54, 1.807) is 24.3 Å². The zero-order valence-electron chi connectivity index (χ0n) is 17.3. The number of piperidine rings is 1. The number of hydrogen-bond acceptors (Lipinski definition) is 7. The van der Waals surface area contributed by atoms with Gasteiger partial charge < -0.3 is 4.74 Å². The van der Waals surface area contributed by atoms with Crippen LogP contribution in [0.5, 0.6) is 0 Å². The molecule has 2 saturated heterocycles. The molecule has 160 valence electrons. The predicted octanol–water partition coefficient (Wildman–Crippen LogP) is 3.62. The smallest absolute Gasteiger partial charge is 0.308 e. The van der Waals surface area contributed by atoms with E-state index in [-0.39, 0.29) is 30.1 Å². The Hall–Kier alpha value is -3.39. The number of anilines is 1. The van der Waals surface area contributed by atoms with Gasteiger partial charge >= 0.3 is 5.97 Å². The number of amides is 2. The maximum atomic E-state index is 13.0. The van der Waals surface area contributed by atoms with E-state index in [0.29, 0.717) is 37.3 Å². The first-order valence-corrected chi connectivity index (χ1v) is 10.3. The second kappa shape index (κ2) is 9.18. The number of ether oxygens (including phenoxy) is 1. The van der Waals surface area contributed by atoms with Crippen LogP contribution in [0.25, 0.3) is 0 Å². The average Bonchev–Trinajstić information content (AvgIpc) is 3.12. The second-order valence-corrected chi connectivity index (χ2v) is 7.67. The summed E-state index contributed by atoms with van der Waals surface area (Å²) in [4.78, 5) is 40.6. The topological polar surface area (TPSA) is 91.6 Å². The van der Waals surface area contributed by atoms with Crippen molar-refractivity contribution in [1.82, 2.24) is 4.90 Å². The van der Waals surface area contributed by atoms with Gasteiger partial charge in [-0.25, -0.2) is 4.90 Å². The van der Waals surface area contributed by atoms with Crippen LogP contribution < -0.4 is 4.90 Å². The number of benzene rings is 2. The van der Waals surface area contributed by atoms with E-state index >= 15 is 0 Å². The first kappa shape index (κ1) is 20.9. The van der Waals surface area contributed by atoms with Gasteiger partial charge in [0.1, 0.15) is 0 Å². The SMILES string of the molecule is COC(=O)C1CCN([C@H]2CC(=O)N(c3ccc(N=Nc4ccccc4)cc3)C2=O)CC1. The van der Waals surface area contributed by atoms with E-state index in [2.05, 4.69) is 10.2 Å². The highest BCUT2D eigenvalue weighted by atomic mass is 16.5. The fourth-order valence-electron chi connectivity index (χ4n) is 4.06. The van der Waals surface area contributed by atoms with Crippen LogP contribution in [-0.4, -0.2) is 48.9 Å². The number of esters is 1. The third kappa shape index (κ3) is 4.54. The molecule has 2 aromatic carbocycles. The van der Waals surface area contributed by atoms with Crippen LogP contribution in [0.1, 0.15) is 19.3 Å². The van der Waals surface area contributed by atoms with Crippen molar-refractivity contribution in [2.45, 2.75) is 25.3 Å². The minimum absolute atomic E-state index is 0.137. The molecule has 0 spiro atoms. The van der Waals surface area contributed by atoms with Gasteiger partial charge in [-0.05, 0) is 62.3 Å². The summed E-state index contributed by atoms with van der Waals surface area (Å²) < 4.78 is 4.81. The Morgan fingerprint density at radius 2 is 1.55 bits per heavy atom. The molecule has 8 heteroatoms. The molecule has 0 saturated carbocycles. The molecule has 2 fully saturated rings. The Kier molecular flexibility index (Phi) is 6.18. The maximum absolute atomic E-state index is 13.0. The van der Waals surface area contributed by atoms with Gasteiger partial charge in [-0.2, -0.15) is 10.2 Å². The largest absolute Gasteiger partial charge is 0.469 e. The molecule has 2 heterocycles. The Morgan fingerprint density at radius 1 is 0.935 bits per heavy atom. The molecule has 0 unspecified atom stereocenters. The van der Waals surface area contributed by atoms with E-state index in [0.717, 1.165) is 5.69 Å². The quantitative estimate of drug-likeness (QED) is 0.419. The normalized spacial score (nSPS) is 20.5. The van der Waals surface area contributed by atoms with Crippen molar-refractivity contribution in [3.8, 4) is 0 Å². The fourth-order valence-corrected chi connectivity index (χ4v) is 4.06. The van der Waals surface area contributed by atoms with Crippen LogP contribution >= 0.6 is 0 Å². The number of hydrogen-bond donors (Lipinski definition) is 0. The molecule has 0 radical (unpaired) electrons. The maximum Gasteiger partial charge on any atom is 0.308 e. The third-order valence-corrected chi connectivity index (χ3v) is 5.77. The molecule has 1 atom stereocenters. The number of imide groups is 1. The number of nitrogens with zero attached hydrogens (tertiary/aromatic N) is 4. The first-order chi connectivity index (χ1) is 15.1. The standard InChI is InChI=1S/C23H24N4O4/c1-31-23(30)16-11-13-26(14-12-16)20-15-21(28)27(22(20)29)19-9-7-18(8-10-19)25-24-17-5-3-2-4-6-17/h2-10,16,20H,11-15H2,1H3/t20-/m0/s1. The van der Waals surface area contributed by atoms with Gasteiger partial charge in [-0.15, -0.1) is 0 Å². The molecule has 4 rings (SSSR count). The lowest BCUT2D eigenvalue weighted by atomic mass is 9.95. The van der Waals surface area contributed by atoms with Crippen LogP contribution in [0, 0.1) is 5.92 Å². The van der Waals surface area contributed by atoms with E-state index < -0.39 is 6.04 Å². The lowest BCUT2D eigenvalue weighted by molar-refractivity contribution is -0.147. The summed E-state index contributed by atoms with van der Waals surface area (Å²) >= 11 is 0. The van der Waals surface area contributed by atoms with Crippen molar-refractivity contribution >= 4 is 34.8 Å². The molecular weight excluding hydrogens is 396 g/mol. The van der Waals surface area contributed by atoms with Crippen LogP contribution in [0.15, 0.2) is 64.8 Å². The van der Waals surface area contributed by atoms with Gasteiger partial charge in [0.05, 0.1) is 42.6 Å². The molecule has 8 nitrogen and oxygen atoms in total. The number of carbonyl (C=O) groups excluding carboxylic acids is 3. The van der Waals surface area contributed by atoms with E-state index in [4.69, 9.17) is 4.74 Å². The van der Waals surface area contributed by atoms with E-state index in [1.807, 2.05) is 35.2 Å². The van der Waals surface area contributed by atoms with Gasteiger partial charge in [0.2, 0.25) is 5.91 Å². The Balaban J connectivity index is 1.41. The Labute approximate surface area is 180 Å². The predicted molar refractivity (Wildman–Crippen MR) is 114 cm³/mol.